The number of hydrogen-bond donors (Lipinski definition) is 2. The molecule has 0 spiro atoms. The van der Waals surface area contributed by atoms with Crippen molar-refractivity contribution in [2.24, 2.45) is 5.92 Å². The molecule has 1 aliphatic heterocycles. The van der Waals surface area contributed by atoms with Gasteiger partial charge in [-0.3, -0.25) is 0 Å². The monoisotopic (exact) mass is 282 g/mol. The van der Waals surface area contributed by atoms with Crippen LogP contribution in [0.2, 0.25) is 0 Å². The lowest BCUT2D eigenvalue weighted by atomic mass is 9.88. The smallest absolute Gasteiger partial charge is 0.0113 e. The predicted molar refractivity (Wildman–Crippen MR) is 84.8 cm³/mol. The van der Waals surface area contributed by atoms with Crippen molar-refractivity contribution in [1.82, 2.24) is 10.6 Å². The van der Waals surface area contributed by atoms with E-state index in [9.17, 15) is 0 Å². The highest BCUT2D eigenvalue weighted by atomic mass is 32.2. The summed E-state index contributed by atoms with van der Waals surface area (Å²) in [5.74, 6) is 0.911. The van der Waals surface area contributed by atoms with Crippen molar-refractivity contribution in [2.75, 3.05) is 12.8 Å². The minimum absolute atomic E-state index is 0.807. The Morgan fingerprint density at radius 2 is 1.95 bits per heavy atom. The van der Waals surface area contributed by atoms with E-state index in [4.69, 9.17) is 0 Å². The summed E-state index contributed by atoms with van der Waals surface area (Å²) in [6.45, 7) is 1.26. The quantitative estimate of drug-likeness (QED) is 0.828. The third kappa shape index (κ3) is 3.48. The lowest BCUT2D eigenvalue weighted by Crippen LogP contribution is -2.48. The van der Waals surface area contributed by atoms with Gasteiger partial charge in [0.15, 0.2) is 0 Å². The van der Waals surface area contributed by atoms with Gasteiger partial charge in [0.2, 0.25) is 0 Å². The van der Waals surface area contributed by atoms with Gasteiger partial charge >= 0.3 is 0 Å². The van der Waals surface area contributed by atoms with E-state index >= 15 is 0 Å². The highest BCUT2D eigenvalue weighted by molar-refractivity contribution is 7.99. The second-order valence-corrected chi connectivity index (χ2v) is 7.93. The highest BCUT2D eigenvalue weighted by Gasteiger charge is 2.36. The van der Waals surface area contributed by atoms with Crippen LogP contribution >= 0.6 is 11.8 Å². The molecule has 0 amide bonds. The van der Waals surface area contributed by atoms with Crippen LogP contribution in [0.3, 0.4) is 0 Å². The molecule has 3 heteroatoms. The molecule has 0 aromatic heterocycles. The Bertz CT molecular complexity index is 278. The zero-order valence-electron chi connectivity index (χ0n) is 12.4. The molecule has 5 atom stereocenters. The number of hydrogen-bond acceptors (Lipinski definition) is 3. The molecule has 1 saturated heterocycles. The zero-order chi connectivity index (χ0) is 13.1. The minimum Gasteiger partial charge on any atom is -0.314 e. The topological polar surface area (TPSA) is 24.1 Å². The first-order valence-electron chi connectivity index (χ1n) is 8.39. The zero-order valence-corrected chi connectivity index (χ0v) is 13.2. The van der Waals surface area contributed by atoms with Crippen LogP contribution in [-0.2, 0) is 0 Å². The molecule has 1 heterocycles. The van der Waals surface area contributed by atoms with E-state index in [-0.39, 0.29) is 0 Å². The van der Waals surface area contributed by atoms with Gasteiger partial charge in [0.25, 0.3) is 0 Å². The normalized spacial score (nSPS) is 43.7. The van der Waals surface area contributed by atoms with Gasteiger partial charge in [-0.1, -0.05) is 12.8 Å². The van der Waals surface area contributed by atoms with Crippen molar-refractivity contribution in [3.63, 3.8) is 0 Å². The molecule has 3 fully saturated rings. The molecular formula is C16H30N2S. The molecule has 2 N–H and O–H groups in total. The highest BCUT2D eigenvalue weighted by Crippen LogP contribution is 2.34. The van der Waals surface area contributed by atoms with Gasteiger partial charge in [0, 0.05) is 23.4 Å². The molecular weight excluding hydrogens is 252 g/mol. The van der Waals surface area contributed by atoms with Gasteiger partial charge in [-0.25, -0.2) is 0 Å². The molecule has 0 bridgehead atoms. The maximum Gasteiger partial charge on any atom is 0.0113 e. The molecule has 2 nitrogen and oxygen atoms in total. The van der Waals surface area contributed by atoms with E-state index < -0.39 is 0 Å². The van der Waals surface area contributed by atoms with Crippen molar-refractivity contribution in [1.29, 1.82) is 0 Å². The van der Waals surface area contributed by atoms with Crippen molar-refractivity contribution in [2.45, 2.75) is 81.2 Å². The minimum atomic E-state index is 0.807. The fraction of sp³-hybridized carbons (Fsp3) is 1.00. The van der Waals surface area contributed by atoms with Crippen molar-refractivity contribution in [3.05, 3.63) is 0 Å². The van der Waals surface area contributed by atoms with Crippen LogP contribution in [0, 0.1) is 5.92 Å². The maximum absolute atomic E-state index is 4.04. The Kier molecular flexibility index (Phi) is 5.10. The average molecular weight is 282 g/mol. The fourth-order valence-electron chi connectivity index (χ4n) is 4.53. The first kappa shape index (κ1) is 14.2. The molecule has 0 aromatic carbocycles. The van der Waals surface area contributed by atoms with Crippen LogP contribution in [0.15, 0.2) is 0 Å². The summed E-state index contributed by atoms with van der Waals surface area (Å²) in [6.07, 6.45) is 15.1. The second-order valence-electron chi connectivity index (χ2n) is 6.79. The summed E-state index contributed by atoms with van der Waals surface area (Å²) in [6, 6.07) is 2.43. The van der Waals surface area contributed by atoms with E-state index in [0.29, 0.717) is 0 Å². The first-order chi connectivity index (χ1) is 9.36. The number of thioether (sulfide) groups is 1. The van der Waals surface area contributed by atoms with Crippen LogP contribution in [0.1, 0.15) is 57.8 Å². The molecule has 0 aromatic rings. The van der Waals surface area contributed by atoms with Crippen molar-refractivity contribution >= 4 is 11.8 Å². The van der Waals surface area contributed by atoms with Gasteiger partial charge in [-0.05, 0) is 63.7 Å². The first-order valence-corrected chi connectivity index (χ1v) is 9.68. The molecule has 2 saturated carbocycles. The molecule has 110 valence electrons. The lowest BCUT2D eigenvalue weighted by Gasteiger charge is -2.34. The SMILES string of the molecule is CSC1CCC(NC2CCCC2C2CCCCN2)C1. The third-order valence-electron chi connectivity index (χ3n) is 5.60. The predicted octanol–water partition coefficient (Wildman–Crippen LogP) is 3.17. The van der Waals surface area contributed by atoms with Crippen LogP contribution in [0.5, 0.6) is 0 Å². The van der Waals surface area contributed by atoms with E-state index in [2.05, 4.69) is 28.7 Å². The largest absolute Gasteiger partial charge is 0.314 e. The van der Waals surface area contributed by atoms with Crippen LogP contribution < -0.4 is 10.6 Å². The van der Waals surface area contributed by atoms with Crippen LogP contribution in [-0.4, -0.2) is 36.2 Å². The van der Waals surface area contributed by atoms with Gasteiger partial charge < -0.3 is 10.6 Å². The Hall–Kier alpha value is 0.270. The van der Waals surface area contributed by atoms with Crippen LogP contribution in [0.25, 0.3) is 0 Å². The summed E-state index contributed by atoms with van der Waals surface area (Å²) < 4.78 is 0. The molecule has 19 heavy (non-hydrogen) atoms. The van der Waals surface area contributed by atoms with E-state index in [1.165, 1.54) is 64.3 Å². The summed E-state index contributed by atoms with van der Waals surface area (Å²) in [4.78, 5) is 0. The number of rotatable bonds is 4. The van der Waals surface area contributed by atoms with E-state index in [1.54, 1.807) is 0 Å². The molecule has 5 unspecified atom stereocenters. The Labute approximate surface area is 122 Å². The van der Waals surface area contributed by atoms with Crippen molar-refractivity contribution < 1.29 is 0 Å². The summed E-state index contributed by atoms with van der Waals surface area (Å²) in [5.41, 5.74) is 0. The Balaban J connectivity index is 1.51. The summed E-state index contributed by atoms with van der Waals surface area (Å²) in [5, 5.41) is 8.75. The molecule has 0 radical (unpaired) electrons. The Morgan fingerprint density at radius 1 is 1.00 bits per heavy atom. The van der Waals surface area contributed by atoms with Crippen LogP contribution in [0.4, 0.5) is 0 Å². The van der Waals surface area contributed by atoms with Gasteiger partial charge in [0.05, 0.1) is 0 Å². The molecule has 3 aliphatic rings. The van der Waals surface area contributed by atoms with Gasteiger partial charge in [0.1, 0.15) is 0 Å². The maximum atomic E-state index is 4.04. The number of piperidine rings is 1. The Morgan fingerprint density at radius 3 is 2.68 bits per heavy atom. The summed E-state index contributed by atoms with van der Waals surface area (Å²) in [7, 11) is 0. The molecule has 2 aliphatic carbocycles. The lowest BCUT2D eigenvalue weighted by molar-refractivity contribution is 0.246. The standard InChI is InChI=1S/C16H30N2S/c1-19-13-9-8-12(11-13)18-16-7-4-5-14(16)15-6-2-3-10-17-15/h12-18H,2-11H2,1H3. The summed E-state index contributed by atoms with van der Waals surface area (Å²) >= 11 is 2.07. The van der Waals surface area contributed by atoms with Crippen molar-refractivity contribution in [3.8, 4) is 0 Å². The molecule has 3 rings (SSSR count). The number of nitrogens with one attached hydrogen (secondary N) is 2. The fourth-order valence-corrected chi connectivity index (χ4v) is 5.33. The van der Waals surface area contributed by atoms with Gasteiger partial charge in [-0.15, -0.1) is 0 Å². The average Bonchev–Trinajstić information content (AvgIpc) is 3.09. The second kappa shape index (κ2) is 6.82. The van der Waals surface area contributed by atoms with Gasteiger partial charge in [-0.2, -0.15) is 11.8 Å². The third-order valence-corrected chi connectivity index (χ3v) is 6.70. The van der Waals surface area contributed by atoms with E-state index in [1.807, 2.05) is 0 Å². The van der Waals surface area contributed by atoms with E-state index in [0.717, 1.165) is 29.3 Å².